The largest absolute Gasteiger partial charge is 0.362 e. The average molecular weight is 487 g/mol. The van der Waals surface area contributed by atoms with E-state index in [9.17, 15) is 23.3 Å². The summed E-state index contributed by atoms with van der Waals surface area (Å²) >= 11 is 0. The molecule has 0 unspecified atom stereocenters. The lowest BCUT2D eigenvalue weighted by atomic mass is 10.1. The molecule has 10 heteroatoms. The zero-order valence-electron chi connectivity index (χ0n) is 19.6. The number of benzene rings is 2. The number of nitrogens with zero attached hydrogens (tertiary/aromatic N) is 4. The number of carbonyl (C=O) groups is 1. The van der Waals surface area contributed by atoms with Gasteiger partial charge in [-0.3, -0.25) is 14.9 Å². The minimum atomic E-state index is -3.80. The highest BCUT2D eigenvalue weighted by Crippen LogP contribution is 2.33. The van der Waals surface area contributed by atoms with Gasteiger partial charge in [0.2, 0.25) is 10.0 Å². The van der Waals surface area contributed by atoms with Gasteiger partial charge in [-0.1, -0.05) is 19.9 Å². The maximum atomic E-state index is 13.0. The van der Waals surface area contributed by atoms with Crippen molar-refractivity contribution >= 4 is 27.3 Å². The predicted octanol–water partition coefficient (Wildman–Crippen LogP) is 3.08. The summed E-state index contributed by atoms with van der Waals surface area (Å²) in [5.41, 5.74) is 3.38. The molecule has 1 aliphatic carbocycles. The van der Waals surface area contributed by atoms with Gasteiger partial charge in [-0.15, -0.1) is 0 Å². The first kappa shape index (κ1) is 24.2. The summed E-state index contributed by atoms with van der Waals surface area (Å²) in [7, 11) is -3.80. The quantitative estimate of drug-likeness (QED) is 0.440. The maximum absolute atomic E-state index is 13.0. The van der Waals surface area contributed by atoms with Gasteiger partial charge in [-0.25, -0.2) is 8.42 Å². The molecular weight excluding hydrogens is 456 g/mol. The molecule has 1 saturated heterocycles. The first-order valence-electron chi connectivity index (χ1n) is 11.7. The summed E-state index contributed by atoms with van der Waals surface area (Å²) < 4.78 is 26.9. The van der Waals surface area contributed by atoms with Gasteiger partial charge in [0, 0.05) is 50.9 Å². The number of aryl methyl sites for hydroxylation is 2. The third-order valence-electron chi connectivity index (χ3n) is 6.74. The van der Waals surface area contributed by atoms with E-state index < -0.39 is 14.9 Å². The predicted molar refractivity (Wildman–Crippen MR) is 130 cm³/mol. The normalized spacial score (nSPS) is 16.1. The second kappa shape index (κ2) is 9.71. The first-order valence-corrected chi connectivity index (χ1v) is 13.1. The zero-order chi connectivity index (χ0) is 24.5. The van der Waals surface area contributed by atoms with E-state index in [0.717, 1.165) is 25.3 Å². The van der Waals surface area contributed by atoms with Gasteiger partial charge < -0.3 is 9.80 Å². The average Bonchev–Trinajstić information content (AvgIpc) is 3.32. The summed E-state index contributed by atoms with van der Waals surface area (Å²) in [5, 5.41) is 11.8. The van der Waals surface area contributed by atoms with Crippen LogP contribution < -0.4 is 4.90 Å². The van der Waals surface area contributed by atoms with Crippen LogP contribution in [0, 0.1) is 10.1 Å². The molecule has 4 rings (SSSR count). The van der Waals surface area contributed by atoms with Gasteiger partial charge in [0.05, 0.1) is 9.82 Å². The Balaban J connectivity index is 1.50. The van der Waals surface area contributed by atoms with Crippen molar-refractivity contribution < 1.29 is 18.1 Å². The van der Waals surface area contributed by atoms with Crippen LogP contribution in [0.25, 0.3) is 0 Å². The van der Waals surface area contributed by atoms with Gasteiger partial charge in [0.15, 0.2) is 0 Å². The van der Waals surface area contributed by atoms with E-state index in [-0.39, 0.29) is 29.6 Å². The number of fused-ring (bicyclic) bond motifs is 1. The van der Waals surface area contributed by atoms with Crippen LogP contribution in [-0.4, -0.2) is 67.7 Å². The second-order valence-electron chi connectivity index (χ2n) is 8.61. The van der Waals surface area contributed by atoms with Crippen molar-refractivity contribution in [2.75, 3.05) is 44.2 Å². The molecule has 1 aliphatic heterocycles. The van der Waals surface area contributed by atoms with Gasteiger partial charge in [-0.05, 0) is 54.7 Å². The Labute approximate surface area is 200 Å². The number of hydrogen-bond donors (Lipinski definition) is 0. The Kier molecular flexibility index (Phi) is 6.90. The van der Waals surface area contributed by atoms with Crippen molar-refractivity contribution in [2.45, 2.75) is 38.0 Å². The molecule has 0 atom stereocenters. The highest BCUT2D eigenvalue weighted by molar-refractivity contribution is 7.89. The fourth-order valence-corrected chi connectivity index (χ4v) is 6.31. The lowest BCUT2D eigenvalue weighted by Gasteiger charge is -2.36. The Morgan fingerprint density at radius 2 is 1.68 bits per heavy atom. The number of piperazine rings is 1. The number of nitro benzene ring substituents is 1. The van der Waals surface area contributed by atoms with Gasteiger partial charge >= 0.3 is 0 Å². The molecule has 0 aromatic heterocycles. The molecule has 2 aromatic rings. The molecule has 0 saturated carbocycles. The third-order valence-corrected chi connectivity index (χ3v) is 8.79. The van der Waals surface area contributed by atoms with Crippen LogP contribution in [0.15, 0.2) is 41.3 Å². The zero-order valence-corrected chi connectivity index (χ0v) is 20.4. The van der Waals surface area contributed by atoms with Crippen LogP contribution in [0.2, 0.25) is 0 Å². The molecule has 2 aromatic carbocycles. The number of carbonyl (C=O) groups excluding carboxylic acids is 1. The van der Waals surface area contributed by atoms with Crippen LogP contribution in [0.5, 0.6) is 0 Å². The van der Waals surface area contributed by atoms with E-state index in [4.69, 9.17) is 0 Å². The number of rotatable bonds is 7. The monoisotopic (exact) mass is 486 g/mol. The minimum absolute atomic E-state index is 0.0236. The van der Waals surface area contributed by atoms with Crippen LogP contribution in [0.4, 0.5) is 11.4 Å². The molecule has 2 aliphatic rings. The fourth-order valence-electron chi connectivity index (χ4n) is 4.83. The summed E-state index contributed by atoms with van der Waals surface area (Å²) in [5.74, 6) is -0.0236. The first-order chi connectivity index (χ1) is 16.3. The lowest BCUT2D eigenvalue weighted by Crippen LogP contribution is -2.49. The van der Waals surface area contributed by atoms with Crippen LogP contribution in [-0.2, 0) is 22.9 Å². The fraction of sp³-hybridized carbons (Fsp3) is 0.458. The second-order valence-corrected chi connectivity index (χ2v) is 10.6. The number of sulfonamides is 1. The lowest BCUT2D eigenvalue weighted by molar-refractivity contribution is -0.384. The molecule has 182 valence electrons. The number of amides is 1. The van der Waals surface area contributed by atoms with Gasteiger partial charge in [0.1, 0.15) is 5.69 Å². The Morgan fingerprint density at radius 1 is 1.00 bits per heavy atom. The molecule has 0 bridgehead atoms. The van der Waals surface area contributed by atoms with Crippen LogP contribution in [0.3, 0.4) is 0 Å². The maximum Gasteiger partial charge on any atom is 0.293 e. The van der Waals surface area contributed by atoms with Crippen molar-refractivity contribution in [3.05, 3.63) is 63.2 Å². The molecule has 0 spiro atoms. The van der Waals surface area contributed by atoms with Crippen molar-refractivity contribution in [1.82, 2.24) is 9.21 Å². The Hall–Kier alpha value is -2.98. The third kappa shape index (κ3) is 4.52. The van der Waals surface area contributed by atoms with E-state index in [0.29, 0.717) is 37.4 Å². The number of anilines is 1. The molecular formula is C24H30N4O5S. The van der Waals surface area contributed by atoms with E-state index in [1.165, 1.54) is 27.6 Å². The molecule has 0 N–H and O–H groups in total. The van der Waals surface area contributed by atoms with E-state index in [1.54, 1.807) is 18.7 Å². The van der Waals surface area contributed by atoms with E-state index in [2.05, 4.69) is 0 Å². The van der Waals surface area contributed by atoms with Crippen LogP contribution in [0.1, 0.15) is 41.8 Å². The summed E-state index contributed by atoms with van der Waals surface area (Å²) in [6, 6.07) is 10.0. The van der Waals surface area contributed by atoms with Crippen molar-refractivity contribution in [2.24, 2.45) is 0 Å². The Morgan fingerprint density at radius 3 is 2.32 bits per heavy atom. The summed E-state index contributed by atoms with van der Waals surface area (Å²) in [6.45, 7) is 5.77. The standard InChI is InChI=1S/C24H30N4O5S/c1-3-27(4-2)34(32,33)21-10-11-22(23(17-21)28(30)31)25-12-14-26(15-13-25)24(29)20-9-8-18-6-5-7-19(18)16-20/h8-11,16-17H,3-7,12-15H2,1-2H3. The van der Waals surface area contributed by atoms with E-state index in [1.807, 2.05) is 23.1 Å². The highest BCUT2D eigenvalue weighted by Gasteiger charge is 2.30. The smallest absolute Gasteiger partial charge is 0.293 e. The molecule has 9 nitrogen and oxygen atoms in total. The van der Waals surface area contributed by atoms with Crippen molar-refractivity contribution in [3.8, 4) is 0 Å². The minimum Gasteiger partial charge on any atom is -0.362 e. The number of hydrogen-bond acceptors (Lipinski definition) is 6. The SMILES string of the molecule is CCN(CC)S(=O)(=O)c1ccc(N2CCN(C(=O)c3ccc4c(c3)CCC4)CC2)c([N+](=O)[O-])c1. The van der Waals surface area contributed by atoms with Gasteiger partial charge in [0.25, 0.3) is 11.6 Å². The summed E-state index contributed by atoms with van der Waals surface area (Å²) in [4.78, 5) is 27.8. The molecule has 1 fully saturated rings. The topological polar surface area (TPSA) is 104 Å². The van der Waals surface area contributed by atoms with Crippen LogP contribution >= 0.6 is 0 Å². The molecule has 34 heavy (non-hydrogen) atoms. The summed E-state index contributed by atoms with van der Waals surface area (Å²) in [6.07, 6.45) is 3.20. The Bertz CT molecular complexity index is 1200. The van der Waals surface area contributed by atoms with Crippen molar-refractivity contribution in [1.29, 1.82) is 0 Å². The van der Waals surface area contributed by atoms with Gasteiger partial charge in [-0.2, -0.15) is 4.31 Å². The highest BCUT2D eigenvalue weighted by atomic mass is 32.2. The van der Waals surface area contributed by atoms with E-state index >= 15 is 0 Å². The molecule has 1 heterocycles. The van der Waals surface area contributed by atoms with Crippen molar-refractivity contribution in [3.63, 3.8) is 0 Å². The molecule has 0 radical (unpaired) electrons. The molecule has 1 amide bonds. The number of nitro groups is 1.